The van der Waals surface area contributed by atoms with Crippen molar-refractivity contribution in [3.05, 3.63) is 47.8 Å². The molecule has 1 aromatic carbocycles. The smallest absolute Gasteiger partial charge is 0.128 e. The molecule has 2 N–H and O–H groups in total. The molecule has 0 saturated heterocycles. The number of hydrogen-bond donors (Lipinski definition) is 1. The van der Waals surface area contributed by atoms with Crippen LogP contribution >= 0.6 is 0 Å². The summed E-state index contributed by atoms with van der Waals surface area (Å²) < 4.78 is 14.0. The van der Waals surface area contributed by atoms with Crippen LogP contribution in [0, 0.1) is 5.82 Å². The molecule has 0 amide bonds. The molecule has 0 aliphatic rings. The zero-order valence-electron chi connectivity index (χ0n) is 11.7. The molecule has 0 fully saturated rings. The zero-order valence-corrected chi connectivity index (χ0v) is 11.7. The first-order valence-electron chi connectivity index (χ1n) is 6.13. The molecule has 2 unspecified atom stereocenters. The number of likely N-dealkylation sites (N-methyl/N-ethyl adjacent to an activating group) is 1. The fourth-order valence-electron chi connectivity index (χ4n) is 2.27. The molecule has 0 bridgehead atoms. The Morgan fingerprint density at radius 1 is 1.44 bits per heavy atom. The van der Waals surface area contributed by atoms with Gasteiger partial charge in [0.2, 0.25) is 0 Å². The van der Waals surface area contributed by atoms with E-state index in [9.17, 15) is 4.39 Å². The van der Waals surface area contributed by atoms with Crippen molar-refractivity contribution in [1.29, 1.82) is 0 Å². The Bertz CT molecular complexity index is 428. The molecule has 1 aromatic rings. The van der Waals surface area contributed by atoms with E-state index in [-0.39, 0.29) is 11.9 Å². The van der Waals surface area contributed by atoms with Gasteiger partial charge in [0.05, 0.1) is 5.54 Å². The van der Waals surface area contributed by atoms with Crippen LogP contribution in [0.2, 0.25) is 0 Å². The standard InChI is InChI=1S/C15H23FN2/c1-11(2)10-15(17,12(3)18(4)5)13-8-6-7-9-14(13)16/h6-9,12H,1,10,17H2,2-5H3. The molecule has 0 radical (unpaired) electrons. The van der Waals surface area contributed by atoms with Gasteiger partial charge in [0, 0.05) is 11.6 Å². The van der Waals surface area contributed by atoms with Gasteiger partial charge in [-0.25, -0.2) is 4.39 Å². The Morgan fingerprint density at radius 3 is 2.44 bits per heavy atom. The van der Waals surface area contributed by atoms with E-state index in [1.54, 1.807) is 12.1 Å². The molecule has 0 saturated carbocycles. The molecular formula is C15H23FN2. The number of halogens is 1. The van der Waals surface area contributed by atoms with Gasteiger partial charge in [-0.1, -0.05) is 23.8 Å². The largest absolute Gasteiger partial charge is 0.320 e. The van der Waals surface area contributed by atoms with E-state index in [2.05, 4.69) is 6.58 Å². The van der Waals surface area contributed by atoms with Crippen LogP contribution in [0.3, 0.4) is 0 Å². The molecule has 3 heteroatoms. The summed E-state index contributed by atoms with van der Waals surface area (Å²) in [5, 5.41) is 0. The fraction of sp³-hybridized carbons (Fsp3) is 0.467. The third-order valence-electron chi connectivity index (χ3n) is 3.49. The Labute approximate surface area is 109 Å². The van der Waals surface area contributed by atoms with Gasteiger partial charge in [-0.05, 0) is 40.4 Å². The molecule has 1 rings (SSSR count). The Kier molecular flexibility index (Phi) is 4.65. The van der Waals surface area contributed by atoms with E-state index in [0.717, 1.165) is 5.57 Å². The van der Waals surface area contributed by atoms with Crippen LogP contribution in [0.15, 0.2) is 36.4 Å². The minimum absolute atomic E-state index is 0.00565. The Hall–Kier alpha value is -1.19. The topological polar surface area (TPSA) is 29.3 Å². The SMILES string of the molecule is C=C(C)CC(N)(c1ccccc1F)C(C)N(C)C. The maximum absolute atomic E-state index is 14.0. The number of nitrogens with zero attached hydrogens (tertiary/aromatic N) is 1. The predicted octanol–water partition coefficient (Wildman–Crippen LogP) is 2.90. The van der Waals surface area contributed by atoms with E-state index in [0.29, 0.717) is 12.0 Å². The second kappa shape index (κ2) is 5.63. The zero-order chi connectivity index (χ0) is 13.9. The molecule has 2 nitrogen and oxygen atoms in total. The van der Waals surface area contributed by atoms with Gasteiger partial charge in [0.25, 0.3) is 0 Å². The summed E-state index contributed by atoms with van der Waals surface area (Å²) in [4.78, 5) is 2.01. The van der Waals surface area contributed by atoms with E-state index in [1.807, 2.05) is 38.9 Å². The lowest BCUT2D eigenvalue weighted by Crippen LogP contribution is -2.53. The first-order valence-corrected chi connectivity index (χ1v) is 6.13. The van der Waals surface area contributed by atoms with E-state index in [4.69, 9.17) is 5.73 Å². The monoisotopic (exact) mass is 250 g/mol. The fourth-order valence-corrected chi connectivity index (χ4v) is 2.27. The number of benzene rings is 1. The molecular weight excluding hydrogens is 227 g/mol. The summed E-state index contributed by atoms with van der Waals surface area (Å²) in [6.45, 7) is 7.85. The van der Waals surface area contributed by atoms with Gasteiger partial charge < -0.3 is 10.6 Å². The van der Waals surface area contributed by atoms with Gasteiger partial charge in [0.15, 0.2) is 0 Å². The highest BCUT2D eigenvalue weighted by atomic mass is 19.1. The average molecular weight is 250 g/mol. The summed E-state index contributed by atoms with van der Waals surface area (Å²) in [5.41, 5.74) is 7.26. The minimum atomic E-state index is -0.763. The van der Waals surface area contributed by atoms with Crippen molar-refractivity contribution in [3.8, 4) is 0 Å². The molecule has 0 aliphatic heterocycles. The molecule has 18 heavy (non-hydrogen) atoms. The van der Waals surface area contributed by atoms with Gasteiger partial charge >= 0.3 is 0 Å². The van der Waals surface area contributed by atoms with Crippen LogP contribution in [0.4, 0.5) is 4.39 Å². The van der Waals surface area contributed by atoms with Gasteiger partial charge in [-0.3, -0.25) is 0 Å². The molecule has 2 atom stereocenters. The third-order valence-corrected chi connectivity index (χ3v) is 3.49. The normalized spacial score (nSPS) is 16.4. The van der Waals surface area contributed by atoms with Crippen LogP contribution in [0.5, 0.6) is 0 Å². The van der Waals surface area contributed by atoms with E-state index < -0.39 is 5.54 Å². The maximum atomic E-state index is 14.0. The van der Waals surface area contributed by atoms with Crippen LogP contribution in [-0.4, -0.2) is 25.0 Å². The highest BCUT2D eigenvalue weighted by Gasteiger charge is 2.37. The van der Waals surface area contributed by atoms with Crippen molar-refractivity contribution in [2.24, 2.45) is 5.73 Å². The number of nitrogens with two attached hydrogens (primary N) is 1. The van der Waals surface area contributed by atoms with Crippen LogP contribution in [-0.2, 0) is 5.54 Å². The third kappa shape index (κ3) is 2.98. The Morgan fingerprint density at radius 2 is 2.00 bits per heavy atom. The highest BCUT2D eigenvalue weighted by molar-refractivity contribution is 5.29. The second-order valence-electron chi connectivity index (χ2n) is 5.29. The maximum Gasteiger partial charge on any atom is 0.128 e. The van der Waals surface area contributed by atoms with Crippen molar-refractivity contribution < 1.29 is 4.39 Å². The average Bonchev–Trinajstić information content (AvgIpc) is 2.27. The van der Waals surface area contributed by atoms with Crippen molar-refractivity contribution in [1.82, 2.24) is 4.90 Å². The lowest BCUT2D eigenvalue weighted by Gasteiger charge is -2.40. The number of rotatable bonds is 5. The summed E-state index contributed by atoms with van der Waals surface area (Å²) in [6.07, 6.45) is 0.563. The Balaban J connectivity index is 3.28. The molecule has 0 aliphatic carbocycles. The van der Waals surface area contributed by atoms with Gasteiger partial charge in [0.1, 0.15) is 5.82 Å². The first-order chi connectivity index (χ1) is 8.29. The van der Waals surface area contributed by atoms with Crippen molar-refractivity contribution in [2.75, 3.05) is 14.1 Å². The number of hydrogen-bond acceptors (Lipinski definition) is 2. The van der Waals surface area contributed by atoms with Crippen LogP contribution in [0.25, 0.3) is 0 Å². The summed E-state index contributed by atoms with van der Waals surface area (Å²) >= 11 is 0. The molecule has 0 heterocycles. The van der Waals surface area contributed by atoms with Gasteiger partial charge in [-0.15, -0.1) is 6.58 Å². The molecule has 0 aromatic heterocycles. The van der Waals surface area contributed by atoms with E-state index >= 15 is 0 Å². The van der Waals surface area contributed by atoms with Crippen molar-refractivity contribution in [2.45, 2.75) is 31.8 Å². The lowest BCUT2D eigenvalue weighted by molar-refractivity contribution is 0.186. The summed E-state index contributed by atoms with van der Waals surface area (Å²) in [7, 11) is 3.90. The van der Waals surface area contributed by atoms with Crippen molar-refractivity contribution >= 4 is 0 Å². The summed E-state index contributed by atoms with van der Waals surface area (Å²) in [6, 6.07) is 6.73. The highest BCUT2D eigenvalue weighted by Crippen LogP contribution is 2.32. The van der Waals surface area contributed by atoms with Crippen molar-refractivity contribution in [3.63, 3.8) is 0 Å². The van der Waals surface area contributed by atoms with Crippen LogP contribution in [0.1, 0.15) is 25.8 Å². The van der Waals surface area contributed by atoms with Gasteiger partial charge in [-0.2, -0.15) is 0 Å². The first kappa shape index (κ1) is 14.9. The van der Waals surface area contributed by atoms with E-state index in [1.165, 1.54) is 6.07 Å². The second-order valence-corrected chi connectivity index (χ2v) is 5.29. The molecule has 100 valence electrons. The lowest BCUT2D eigenvalue weighted by atomic mass is 9.79. The van der Waals surface area contributed by atoms with Crippen LogP contribution < -0.4 is 5.73 Å². The molecule has 0 spiro atoms. The quantitative estimate of drug-likeness (QED) is 0.814. The predicted molar refractivity (Wildman–Crippen MR) is 74.8 cm³/mol. The minimum Gasteiger partial charge on any atom is -0.320 e. The summed E-state index contributed by atoms with van der Waals surface area (Å²) in [5.74, 6) is -0.255.